The number of non-ortho nitro benzene ring substituents is 1. The standard InChI is InChI=1S/C16H20N2O6/c1-24-13-6-5-11(18(22)23)9-12(13)14(19)17-10-16(15(20)21)7-3-2-4-8-16/h5-6,9H,2-4,7-8,10H2,1H3,(H,17,19)(H,20,21). The molecule has 1 aliphatic carbocycles. The highest BCUT2D eigenvalue weighted by Crippen LogP contribution is 2.36. The van der Waals surface area contributed by atoms with Crippen molar-refractivity contribution in [3.8, 4) is 5.75 Å². The first-order valence-electron chi connectivity index (χ1n) is 7.74. The molecular formula is C16H20N2O6. The predicted octanol–water partition coefficient (Wildman–Crippen LogP) is 2.37. The van der Waals surface area contributed by atoms with Crippen LogP contribution in [0.25, 0.3) is 0 Å². The summed E-state index contributed by atoms with van der Waals surface area (Å²) in [6, 6.07) is 3.72. The van der Waals surface area contributed by atoms with Crippen molar-refractivity contribution in [3.63, 3.8) is 0 Å². The van der Waals surface area contributed by atoms with Gasteiger partial charge < -0.3 is 15.2 Å². The van der Waals surface area contributed by atoms with Crippen molar-refractivity contribution < 1.29 is 24.4 Å². The molecule has 0 aliphatic heterocycles. The molecule has 1 aliphatic rings. The number of amides is 1. The van der Waals surface area contributed by atoms with Gasteiger partial charge in [0.15, 0.2) is 0 Å². The van der Waals surface area contributed by atoms with Gasteiger partial charge in [0.05, 0.1) is 23.0 Å². The van der Waals surface area contributed by atoms with E-state index >= 15 is 0 Å². The molecule has 0 radical (unpaired) electrons. The Hall–Kier alpha value is -2.64. The van der Waals surface area contributed by atoms with Crippen molar-refractivity contribution in [3.05, 3.63) is 33.9 Å². The molecule has 0 saturated heterocycles. The van der Waals surface area contributed by atoms with Crippen LogP contribution in [-0.4, -0.2) is 35.6 Å². The Balaban J connectivity index is 2.18. The first kappa shape index (κ1) is 17.7. The maximum Gasteiger partial charge on any atom is 0.311 e. The number of nitro groups is 1. The van der Waals surface area contributed by atoms with E-state index in [1.165, 1.54) is 19.2 Å². The highest BCUT2D eigenvalue weighted by molar-refractivity contribution is 5.97. The maximum atomic E-state index is 12.4. The highest BCUT2D eigenvalue weighted by atomic mass is 16.6. The topological polar surface area (TPSA) is 119 Å². The lowest BCUT2D eigenvalue weighted by atomic mass is 9.74. The lowest BCUT2D eigenvalue weighted by molar-refractivity contribution is -0.384. The Morgan fingerprint density at radius 1 is 1.33 bits per heavy atom. The number of rotatable bonds is 6. The number of carboxylic acids is 1. The van der Waals surface area contributed by atoms with Crippen molar-refractivity contribution in [2.24, 2.45) is 5.41 Å². The van der Waals surface area contributed by atoms with E-state index in [-0.39, 0.29) is 23.5 Å². The van der Waals surface area contributed by atoms with E-state index in [0.29, 0.717) is 12.8 Å². The number of carbonyl (C=O) groups is 2. The average Bonchev–Trinajstić information content (AvgIpc) is 2.59. The first-order chi connectivity index (χ1) is 11.4. The van der Waals surface area contributed by atoms with Gasteiger partial charge in [-0.25, -0.2) is 0 Å². The number of nitrogens with one attached hydrogen (secondary N) is 1. The van der Waals surface area contributed by atoms with E-state index < -0.39 is 22.2 Å². The molecule has 24 heavy (non-hydrogen) atoms. The molecule has 8 nitrogen and oxygen atoms in total. The highest BCUT2D eigenvalue weighted by Gasteiger charge is 2.40. The summed E-state index contributed by atoms with van der Waals surface area (Å²) >= 11 is 0. The van der Waals surface area contributed by atoms with Gasteiger partial charge in [-0.1, -0.05) is 19.3 Å². The molecule has 2 rings (SSSR count). The minimum Gasteiger partial charge on any atom is -0.496 e. The first-order valence-corrected chi connectivity index (χ1v) is 7.74. The van der Waals surface area contributed by atoms with Gasteiger partial charge in [-0.2, -0.15) is 0 Å². The van der Waals surface area contributed by atoms with Gasteiger partial charge in [-0.05, 0) is 18.9 Å². The van der Waals surface area contributed by atoms with Crippen molar-refractivity contribution in [1.82, 2.24) is 5.32 Å². The third-order valence-corrected chi connectivity index (χ3v) is 4.49. The molecule has 1 amide bonds. The largest absolute Gasteiger partial charge is 0.496 e. The molecular weight excluding hydrogens is 316 g/mol. The molecule has 130 valence electrons. The lowest BCUT2D eigenvalue weighted by Gasteiger charge is -2.33. The average molecular weight is 336 g/mol. The van der Waals surface area contributed by atoms with E-state index in [1.54, 1.807) is 0 Å². The molecule has 1 aromatic carbocycles. The van der Waals surface area contributed by atoms with Gasteiger partial charge in [0.1, 0.15) is 5.75 Å². The number of hydrogen-bond donors (Lipinski definition) is 2. The Bertz CT molecular complexity index is 652. The van der Waals surface area contributed by atoms with E-state index in [9.17, 15) is 24.8 Å². The number of benzene rings is 1. The van der Waals surface area contributed by atoms with Gasteiger partial charge in [-0.15, -0.1) is 0 Å². The normalized spacial score (nSPS) is 16.2. The lowest BCUT2D eigenvalue weighted by Crippen LogP contribution is -2.44. The maximum absolute atomic E-state index is 12.4. The minimum absolute atomic E-state index is 0.00693. The Morgan fingerprint density at radius 2 is 2.00 bits per heavy atom. The van der Waals surface area contributed by atoms with Crippen LogP contribution in [0.3, 0.4) is 0 Å². The zero-order valence-electron chi connectivity index (χ0n) is 13.4. The van der Waals surface area contributed by atoms with Crippen LogP contribution in [0.4, 0.5) is 5.69 Å². The summed E-state index contributed by atoms with van der Waals surface area (Å²) in [7, 11) is 1.36. The van der Waals surface area contributed by atoms with E-state index in [4.69, 9.17) is 4.74 Å². The molecule has 0 spiro atoms. The monoisotopic (exact) mass is 336 g/mol. The smallest absolute Gasteiger partial charge is 0.311 e. The number of nitro benzene ring substituents is 1. The van der Waals surface area contributed by atoms with Gasteiger partial charge >= 0.3 is 5.97 Å². The molecule has 8 heteroatoms. The molecule has 2 N–H and O–H groups in total. The molecule has 1 saturated carbocycles. The van der Waals surface area contributed by atoms with Gasteiger partial charge in [0.25, 0.3) is 11.6 Å². The molecule has 1 aromatic rings. The zero-order valence-corrected chi connectivity index (χ0v) is 13.4. The SMILES string of the molecule is COc1ccc([N+](=O)[O-])cc1C(=O)NCC1(C(=O)O)CCCCC1. The second-order valence-electron chi connectivity index (χ2n) is 5.97. The Kier molecular flexibility index (Phi) is 5.38. The predicted molar refractivity (Wildman–Crippen MR) is 85.1 cm³/mol. The summed E-state index contributed by atoms with van der Waals surface area (Å²) in [5.41, 5.74) is -1.18. The third kappa shape index (κ3) is 3.64. The fourth-order valence-corrected chi connectivity index (χ4v) is 3.03. The molecule has 0 unspecified atom stereocenters. The van der Waals surface area contributed by atoms with Crippen LogP contribution in [0.1, 0.15) is 42.5 Å². The summed E-state index contributed by atoms with van der Waals surface area (Å²) in [6.07, 6.45) is 3.62. The van der Waals surface area contributed by atoms with Crippen LogP contribution in [-0.2, 0) is 4.79 Å². The van der Waals surface area contributed by atoms with Crippen LogP contribution in [0.5, 0.6) is 5.75 Å². The minimum atomic E-state index is -0.970. The number of ether oxygens (including phenoxy) is 1. The number of carboxylic acid groups (broad SMARTS) is 1. The van der Waals surface area contributed by atoms with E-state index in [0.717, 1.165) is 25.3 Å². The zero-order chi connectivity index (χ0) is 17.7. The summed E-state index contributed by atoms with van der Waals surface area (Å²) in [4.78, 5) is 34.3. The van der Waals surface area contributed by atoms with Crippen molar-refractivity contribution in [1.29, 1.82) is 0 Å². The molecule has 0 aromatic heterocycles. The van der Waals surface area contributed by atoms with Crippen LogP contribution >= 0.6 is 0 Å². The second-order valence-corrected chi connectivity index (χ2v) is 5.97. The van der Waals surface area contributed by atoms with E-state index in [1.807, 2.05) is 0 Å². The number of nitrogens with zero attached hydrogens (tertiary/aromatic N) is 1. The fourth-order valence-electron chi connectivity index (χ4n) is 3.03. The number of hydrogen-bond acceptors (Lipinski definition) is 5. The second kappa shape index (κ2) is 7.29. The van der Waals surface area contributed by atoms with Crippen LogP contribution in [0.15, 0.2) is 18.2 Å². The Morgan fingerprint density at radius 3 is 2.54 bits per heavy atom. The van der Waals surface area contributed by atoms with Gasteiger partial charge in [-0.3, -0.25) is 19.7 Å². The summed E-state index contributed by atoms with van der Waals surface area (Å²) < 4.78 is 5.07. The van der Waals surface area contributed by atoms with Crippen LogP contribution in [0, 0.1) is 15.5 Å². The molecule has 0 atom stereocenters. The molecule has 0 heterocycles. The van der Waals surface area contributed by atoms with Crippen molar-refractivity contribution in [2.75, 3.05) is 13.7 Å². The van der Waals surface area contributed by atoms with Gasteiger partial charge in [0.2, 0.25) is 0 Å². The van der Waals surface area contributed by atoms with Gasteiger partial charge in [0, 0.05) is 18.7 Å². The van der Waals surface area contributed by atoms with Crippen molar-refractivity contribution in [2.45, 2.75) is 32.1 Å². The van der Waals surface area contributed by atoms with Crippen LogP contribution in [0.2, 0.25) is 0 Å². The quantitative estimate of drug-likeness (QED) is 0.608. The van der Waals surface area contributed by atoms with Crippen LogP contribution < -0.4 is 10.1 Å². The Labute approximate surface area is 139 Å². The number of carbonyl (C=O) groups excluding carboxylic acids is 1. The molecule has 0 bridgehead atoms. The number of methoxy groups -OCH3 is 1. The number of aliphatic carboxylic acids is 1. The van der Waals surface area contributed by atoms with E-state index in [2.05, 4.69) is 5.32 Å². The molecule has 1 fully saturated rings. The fraction of sp³-hybridized carbons (Fsp3) is 0.500. The van der Waals surface area contributed by atoms with Crippen molar-refractivity contribution >= 4 is 17.6 Å². The summed E-state index contributed by atoms with van der Waals surface area (Å²) in [6.45, 7) is -0.00693. The summed E-state index contributed by atoms with van der Waals surface area (Å²) in [5.74, 6) is -1.30. The summed E-state index contributed by atoms with van der Waals surface area (Å²) in [5, 5.41) is 23.0. The third-order valence-electron chi connectivity index (χ3n) is 4.49.